The Morgan fingerprint density at radius 1 is 1.13 bits per heavy atom. The van der Waals surface area contributed by atoms with Gasteiger partial charge in [-0.15, -0.1) is 11.8 Å². The molecule has 2 aromatic rings. The zero-order chi connectivity index (χ0) is 16.4. The lowest BCUT2D eigenvalue weighted by Crippen LogP contribution is -2.43. The van der Waals surface area contributed by atoms with Gasteiger partial charge in [-0.25, -0.2) is 0 Å². The second kappa shape index (κ2) is 6.26. The molecule has 0 aromatic heterocycles. The first-order valence-electron chi connectivity index (χ1n) is 7.45. The van der Waals surface area contributed by atoms with Gasteiger partial charge in [-0.1, -0.05) is 30.3 Å². The minimum atomic E-state index is -0.818. The Balaban J connectivity index is 1.79. The number of carbonyl (C=O) groups is 1. The third-order valence-electron chi connectivity index (χ3n) is 3.82. The molecule has 0 amide bonds. The minimum Gasteiger partial charge on any atom is -0.480 e. The molecule has 1 fully saturated rings. The van der Waals surface area contributed by atoms with Crippen molar-refractivity contribution in [2.24, 2.45) is 0 Å². The Bertz CT molecular complexity index is 702. The zero-order valence-electron chi connectivity index (χ0n) is 13.0. The summed E-state index contributed by atoms with van der Waals surface area (Å²) in [7, 11) is 0. The lowest BCUT2D eigenvalue weighted by Gasteiger charge is -2.20. The number of thioether (sulfide) groups is 1. The van der Waals surface area contributed by atoms with Crippen molar-refractivity contribution >= 4 is 17.7 Å². The first-order chi connectivity index (χ1) is 11.0. The Kier molecular flexibility index (Phi) is 4.33. The molecule has 2 aromatic carbocycles. The maximum absolute atomic E-state index is 11.4. The lowest BCUT2D eigenvalue weighted by molar-refractivity contribution is -0.139. The maximum atomic E-state index is 11.4. The molecule has 2 atom stereocenters. The van der Waals surface area contributed by atoms with Gasteiger partial charge in [0, 0.05) is 4.75 Å². The summed E-state index contributed by atoms with van der Waals surface area (Å²) in [4.78, 5) is 11.4. The normalized spacial score (nSPS) is 22.7. The van der Waals surface area contributed by atoms with E-state index < -0.39 is 12.0 Å². The van der Waals surface area contributed by atoms with Gasteiger partial charge in [0.05, 0.1) is 5.37 Å². The minimum absolute atomic E-state index is 0.0644. The van der Waals surface area contributed by atoms with Crippen molar-refractivity contribution in [2.75, 3.05) is 0 Å². The van der Waals surface area contributed by atoms with E-state index in [2.05, 4.69) is 5.32 Å². The molecular formula is C18H19NO3S. The van der Waals surface area contributed by atoms with Crippen molar-refractivity contribution in [2.45, 2.75) is 30.0 Å². The summed E-state index contributed by atoms with van der Waals surface area (Å²) >= 11 is 1.62. The van der Waals surface area contributed by atoms with Crippen LogP contribution in [0.15, 0.2) is 54.6 Å². The Hall–Kier alpha value is -1.98. The molecule has 1 saturated heterocycles. The molecule has 0 bridgehead atoms. The summed E-state index contributed by atoms with van der Waals surface area (Å²) in [5.41, 5.74) is 1.01. The van der Waals surface area contributed by atoms with Gasteiger partial charge in [-0.3, -0.25) is 10.1 Å². The highest BCUT2D eigenvalue weighted by molar-refractivity contribution is 8.01. The quantitative estimate of drug-likeness (QED) is 0.886. The predicted molar refractivity (Wildman–Crippen MR) is 91.9 cm³/mol. The topological polar surface area (TPSA) is 58.6 Å². The number of carboxylic acids is 1. The highest BCUT2D eigenvalue weighted by Crippen LogP contribution is 2.46. The van der Waals surface area contributed by atoms with Gasteiger partial charge in [0.1, 0.15) is 17.5 Å². The molecule has 0 aliphatic carbocycles. The van der Waals surface area contributed by atoms with Gasteiger partial charge in [-0.05, 0) is 43.7 Å². The molecule has 3 rings (SSSR count). The fraction of sp³-hybridized carbons (Fsp3) is 0.278. The average molecular weight is 329 g/mol. The lowest BCUT2D eigenvalue weighted by atomic mass is 10.0. The number of carboxylic acid groups (broad SMARTS) is 1. The highest BCUT2D eigenvalue weighted by atomic mass is 32.2. The van der Waals surface area contributed by atoms with Gasteiger partial charge >= 0.3 is 5.97 Å². The second-order valence-corrected chi connectivity index (χ2v) is 7.79. The van der Waals surface area contributed by atoms with Crippen LogP contribution >= 0.6 is 11.8 Å². The third-order valence-corrected chi connectivity index (χ3v) is 5.31. The average Bonchev–Trinajstić information content (AvgIpc) is 2.84. The van der Waals surface area contributed by atoms with E-state index in [0.29, 0.717) is 0 Å². The van der Waals surface area contributed by atoms with Crippen LogP contribution < -0.4 is 10.1 Å². The van der Waals surface area contributed by atoms with E-state index in [4.69, 9.17) is 4.74 Å². The summed E-state index contributed by atoms with van der Waals surface area (Å²) in [5.74, 6) is 0.704. The van der Waals surface area contributed by atoms with E-state index in [1.807, 2.05) is 68.4 Å². The predicted octanol–water partition coefficient (Wildman–Crippen LogP) is 4.05. The standard InChI is InChI=1S/C18H19NO3S/c1-18(2)15(17(20)21)19-16(23-18)12-7-6-10-14(11-12)22-13-8-4-3-5-9-13/h3-11,15-16,19H,1-2H3,(H,20,21)/t15-,16+/m1/s1. The number of rotatable bonds is 4. The number of benzene rings is 2. The SMILES string of the molecule is CC1(C)S[C@@H](c2cccc(Oc3ccccc3)c2)N[C@@H]1C(=O)O. The molecule has 23 heavy (non-hydrogen) atoms. The van der Waals surface area contributed by atoms with Gasteiger partial charge in [0.15, 0.2) is 0 Å². The molecule has 5 heteroatoms. The van der Waals surface area contributed by atoms with E-state index in [1.54, 1.807) is 11.8 Å². The van der Waals surface area contributed by atoms with E-state index >= 15 is 0 Å². The number of para-hydroxylation sites is 1. The van der Waals surface area contributed by atoms with Gasteiger partial charge in [0.25, 0.3) is 0 Å². The number of aliphatic carboxylic acids is 1. The van der Waals surface area contributed by atoms with Crippen LogP contribution in [-0.4, -0.2) is 21.9 Å². The zero-order valence-corrected chi connectivity index (χ0v) is 13.8. The van der Waals surface area contributed by atoms with E-state index in [0.717, 1.165) is 17.1 Å². The van der Waals surface area contributed by atoms with E-state index in [9.17, 15) is 9.90 Å². The summed E-state index contributed by atoms with van der Waals surface area (Å²) in [6, 6.07) is 16.8. The summed E-state index contributed by atoms with van der Waals surface area (Å²) < 4.78 is 5.48. The van der Waals surface area contributed by atoms with Crippen LogP contribution in [0.4, 0.5) is 0 Å². The van der Waals surface area contributed by atoms with E-state index in [1.165, 1.54) is 0 Å². The fourth-order valence-corrected chi connectivity index (χ4v) is 4.06. The van der Waals surface area contributed by atoms with Crippen LogP contribution in [0.5, 0.6) is 11.5 Å². The monoisotopic (exact) mass is 329 g/mol. The number of hydrogen-bond donors (Lipinski definition) is 2. The largest absolute Gasteiger partial charge is 0.480 e. The second-order valence-electron chi connectivity index (χ2n) is 6.03. The van der Waals surface area contributed by atoms with Gasteiger partial charge in [0.2, 0.25) is 0 Å². The van der Waals surface area contributed by atoms with Crippen molar-refractivity contribution in [1.29, 1.82) is 0 Å². The molecule has 0 saturated carbocycles. The van der Waals surface area contributed by atoms with Crippen LogP contribution in [0.3, 0.4) is 0 Å². The van der Waals surface area contributed by atoms with Crippen molar-refractivity contribution in [1.82, 2.24) is 5.32 Å². The van der Waals surface area contributed by atoms with Gasteiger partial charge in [-0.2, -0.15) is 0 Å². The van der Waals surface area contributed by atoms with Crippen molar-refractivity contribution in [3.63, 3.8) is 0 Å². The Labute approximate surface area is 139 Å². The summed E-state index contributed by atoms with van der Waals surface area (Å²) in [6.45, 7) is 3.90. The highest BCUT2D eigenvalue weighted by Gasteiger charge is 2.45. The molecule has 120 valence electrons. The van der Waals surface area contributed by atoms with Crippen LogP contribution in [0.2, 0.25) is 0 Å². The summed E-state index contributed by atoms with van der Waals surface area (Å²) in [5, 5.41) is 12.5. The molecule has 1 aliphatic rings. The molecule has 0 spiro atoms. The molecule has 4 nitrogen and oxygen atoms in total. The first-order valence-corrected chi connectivity index (χ1v) is 8.33. The van der Waals surface area contributed by atoms with Crippen LogP contribution in [-0.2, 0) is 4.79 Å². The van der Waals surface area contributed by atoms with Crippen LogP contribution in [0.25, 0.3) is 0 Å². The fourth-order valence-electron chi connectivity index (χ4n) is 2.66. The van der Waals surface area contributed by atoms with Crippen molar-refractivity contribution < 1.29 is 14.6 Å². The smallest absolute Gasteiger partial charge is 0.322 e. The molecule has 1 heterocycles. The first kappa shape index (κ1) is 15.9. The molecule has 0 radical (unpaired) electrons. The van der Waals surface area contributed by atoms with Crippen LogP contribution in [0, 0.1) is 0 Å². The number of nitrogens with one attached hydrogen (secondary N) is 1. The maximum Gasteiger partial charge on any atom is 0.322 e. The molecule has 0 unspecified atom stereocenters. The molecule has 2 N–H and O–H groups in total. The number of ether oxygens (including phenoxy) is 1. The van der Waals surface area contributed by atoms with E-state index in [-0.39, 0.29) is 10.1 Å². The third kappa shape index (κ3) is 3.51. The van der Waals surface area contributed by atoms with Crippen molar-refractivity contribution in [3.8, 4) is 11.5 Å². The molecule has 1 aliphatic heterocycles. The molecular weight excluding hydrogens is 310 g/mol. The Morgan fingerprint density at radius 2 is 1.83 bits per heavy atom. The van der Waals surface area contributed by atoms with Crippen LogP contribution in [0.1, 0.15) is 24.8 Å². The number of hydrogen-bond acceptors (Lipinski definition) is 4. The summed E-state index contributed by atoms with van der Waals surface area (Å²) in [6.07, 6.45) is 0. The van der Waals surface area contributed by atoms with Crippen molar-refractivity contribution in [3.05, 3.63) is 60.2 Å². The van der Waals surface area contributed by atoms with Gasteiger partial charge < -0.3 is 9.84 Å². The Morgan fingerprint density at radius 3 is 2.48 bits per heavy atom.